The van der Waals surface area contributed by atoms with E-state index in [1.54, 1.807) is 30.3 Å². The molecule has 1 amide bonds. The Morgan fingerprint density at radius 1 is 1.19 bits per heavy atom. The van der Waals surface area contributed by atoms with Gasteiger partial charge >= 0.3 is 4.87 Å². The Balaban J connectivity index is 1.73. The second kappa shape index (κ2) is 5.71. The highest BCUT2D eigenvalue weighted by Crippen LogP contribution is 2.19. The summed E-state index contributed by atoms with van der Waals surface area (Å²) in [7, 11) is 0. The maximum absolute atomic E-state index is 12.0. The quantitative estimate of drug-likeness (QED) is 0.777. The van der Waals surface area contributed by atoms with Crippen molar-refractivity contribution in [3.05, 3.63) is 62.7 Å². The summed E-state index contributed by atoms with van der Waals surface area (Å²) < 4.78 is 0.823. The number of halogens is 1. The van der Waals surface area contributed by atoms with Crippen molar-refractivity contribution in [2.75, 3.05) is 5.32 Å². The van der Waals surface area contributed by atoms with Crippen LogP contribution >= 0.6 is 22.9 Å². The minimum absolute atomic E-state index is 0.102. The number of aromatic nitrogens is 1. The number of carbonyl (C=O) groups is 1. The van der Waals surface area contributed by atoms with Crippen molar-refractivity contribution >= 4 is 44.7 Å². The number of fused-ring (bicyclic) bond motifs is 1. The molecule has 1 heterocycles. The van der Waals surface area contributed by atoms with E-state index >= 15 is 0 Å². The van der Waals surface area contributed by atoms with Crippen LogP contribution in [0, 0.1) is 0 Å². The lowest BCUT2D eigenvalue weighted by Crippen LogP contribution is -2.14. The highest BCUT2D eigenvalue weighted by molar-refractivity contribution is 7.16. The Morgan fingerprint density at radius 2 is 1.95 bits per heavy atom. The molecule has 3 rings (SSSR count). The van der Waals surface area contributed by atoms with Gasteiger partial charge in [-0.3, -0.25) is 9.59 Å². The number of hydrogen-bond donors (Lipinski definition) is 2. The minimum atomic E-state index is -0.112. The topological polar surface area (TPSA) is 62.0 Å². The highest BCUT2D eigenvalue weighted by Gasteiger charge is 2.06. The van der Waals surface area contributed by atoms with Crippen molar-refractivity contribution in [1.82, 2.24) is 4.98 Å². The van der Waals surface area contributed by atoms with Gasteiger partial charge in [0.15, 0.2) is 0 Å². The van der Waals surface area contributed by atoms with Gasteiger partial charge in [0.2, 0.25) is 5.91 Å². The Labute approximate surface area is 129 Å². The SMILES string of the molecule is O=C(Cc1ccc(Cl)cc1)Nc1ccc2[nH]c(=O)sc2c1. The van der Waals surface area contributed by atoms with Crippen LogP contribution in [0.4, 0.5) is 5.69 Å². The summed E-state index contributed by atoms with van der Waals surface area (Å²) in [6.45, 7) is 0. The van der Waals surface area contributed by atoms with E-state index in [0.717, 1.165) is 27.1 Å². The first kappa shape index (κ1) is 13.9. The number of aromatic amines is 1. The summed E-state index contributed by atoms with van der Waals surface area (Å²) in [6, 6.07) is 12.5. The van der Waals surface area contributed by atoms with Gasteiger partial charge in [0.25, 0.3) is 0 Å². The molecule has 3 aromatic rings. The molecule has 1 aromatic heterocycles. The molecule has 0 spiro atoms. The highest BCUT2D eigenvalue weighted by atomic mass is 35.5. The van der Waals surface area contributed by atoms with Crippen molar-refractivity contribution in [3.8, 4) is 0 Å². The monoisotopic (exact) mass is 318 g/mol. The van der Waals surface area contributed by atoms with Gasteiger partial charge in [-0.25, -0.2) is 0 Å². The number of rotatable bonds is 3. The molecule has 0 aliphatic heterocycles. The van der Waals surface area contributed by atoms with Crippen LogP contribution < -0.4 is 10.2 Å². The van der Waals surface area contributed by atoms with Crippen molar-refractivity contribution < 1.29 is 4.79 Å². The van der Waals surface area contributed by atoms with E-state index in [1.165, 1.54) is 0 Å². The van der Waals surface area contributed by atoms with E-state index in [1.807, 2.05) is 12.1 Å². The number of amides is 1. The maximum atomic E-state index is 12.0. The van der Waals surface area contributed by atoms with Gasteiger partial charge in [0, 0.05) is 10.7 Å². The fraction of sp³-hybridized carbons (Fsp3) is 0.0667. The lowest BCUT2D eigenvalue weighted by atomic mass is 10.1. The molecule has 0 fully saturated rings. The standard InChI is InChI=1S/C15H11ClN2O2S/c16-10-3-1-9(2-4-10)7-14(19)17-11-5-6-12-13(8-11)21-15(20)18-12/h1-6,8H,7H2,(H,17,19)(H,18,20). The van der Waals surface area contributed by atoms with E-state index in [4.69, 9.17) is 11.6 Å². The zero-order valence-electron chi connectivity index (χ0n) is 10.9. The summed E-state index contributed by atoms with van der Waals surface area (Å²) in [4.78, 5) is 25.9. The fourth-order valence-corrected chi connectivity index (χ4v) is 2.92. The van der Waals surface area contributed by atoms with Gasteiger partial charge in [-0.1, -0.05) is 35.1 Å². The number of thiazole rings is 1. The molecule has 0 unspecified atom stereocenters. The largest absolute Gasteiger partial charge is 0.326 e. The molecule has 2 N–H and O–H groups in total. The van der Waals surface area contributed by atoms with Crippen molar-refractivity contribution in [2.45, 2.75) is 6.42 Å². The third-order valence-corrected chi connectivity index (χ3v) is 4.08. The molecule has 106 valence electrons. The Bertz CT molecular complexity index is 852. The second-order valence-electron chi connectivity index (χ2n) is 4.58. The molecule has 6 heteroatoms. The zero-order chi connectivity index (χ0) is 14.8. The van der Waals surface area contributed by atoms with Gasteiger partial charge in [0.1, 0.15) is 0 Å². The van der Waals surface area contributed by atoms with Crippen LogP contribution in [0.25, 0.3) is 10.2 Å². The van der Waals surface area contributed by atoms with E-state index in [-0.39, 0.29) is 17.2 Å². The van der Waals surface area contributed by atoms with Gasteiger partial charge in [0.05, 0.1) is 16.6 Å². The van der Waals surface area contributed by atoms with E-state index < -0.39 is 0 Å². The fourth-order valence-electron chi connectivity index (χ4n) is 2.02. The summed E-state index contributed by atoms with van der Waals surface area (Å²) in [5, 5.41) is 3.47. The average Bonchev–Trinajstić information content (AvgIpc) is 2.80. The molecule has 0 atom stereocenters. The molecule has 21 heavy (non-hydrogen) atoms. The van der Waals surface area contributed by atoms with E-state index in [2.05, 4.69) is 10.3 Å². The smallest absolute Gasteiger partial charge is 0.305 e. The lowest BCUT2D eigenvalue weighted by Gasteiger charge is -2.05. The van der Waals surface area contributed by atoms with Crippen LogP contribution in [0.3, 0.4) is 0 Å². The zero-order valence-corrected chi connectivity index (χ0v) is 12.4. The van der Waals surface area contributed by atoms with E-state index in [0.29, 0.717) is 10.7 Å². The summed E-state index contributed by atoms with van der Waals surface area (Å²) in [6.07, 6.45) is 0.276. The normalized spacial score (nSPS) is 10.7. The summed E-state index contributed by atoms with van der Waals surface area (Å²) in [5.41, 5.74) is 2.35. The maximum Gasteiger partial charge on any atom is 0.305 e. The third kappa shape index (κ3) is 3.32. The number of carbonyl (C=O) groups excluding carboxylic acids is 1. The minimum Gasteiger partial charge on any atom is -0.326 e. The van der Waals surface area contributed by atoms with Gasteiger partial charge < -0.3 is 10.3 Å². The van der Waals surface area contributed by atoms with Crippen LogP contribution in [-0.2, 0) is 11.2 Å². The molecule has 0 bridgehead atoms. The lowest BCUT2D eigenvalue weighted by molar-refractivity contribution is -0.115. The van der Waals surface area contributed by atoms with Crippen LogP contribution in [0.2, 0.25) is 5.02 Å². The van der Waals surface area contributed by atoms with Crippen LogP contribution in [0.15, 0.2) is 47.3 Å². The number of benzene rings is 2. The summed E-state index contributed by atoms with van der Waals surface area (Å²) >= 11 is 6.93. The van der Waals surface area contributed by atoms with Crippen LogP contribution in [0.5, 0.6) is 0 Å². The molecular formula is C15H11ClN2O2S. The molecule has 2 aromatic carbocycles. The van der Waals surface area contributed by atoms with Crippen molar-refractivity contribution in [2.24, 2.45) is 0 Å². The Kier molecular flexibility index (Phi) is 3.77. The van der Waals surface area contributed by atoms with Gasteiger partial charge in [-0.05, 0) is 35.9 Å². The first-order chi connectivity index (χ1) is 10.1. The molecule has 0 aliphatic carbocycles. The van der Waals surface area contributed by atoms with Gasteiger partial charge in [-0.15, -0.1) is 0 Å². The van der Waals surface area contributed by atoms with Crippen LogP contribution in [0.1, 0.15) is 5.56 Å². The molecule has 0 saturated carbocycles. The number of nitrogens with one attached hydrogen (secondary N) is 2. The van der Waals surface area contributed by atoms with Gasteiger partial charge in [-0.2, -0.15) is 0 Å². The number of anilines is 1. The average molecular weight is 319 g/mol. The second-order valence-corrected chi connectivity index (χ2v) is 6.03. The molecule has 0 radical (unpaired) electrons. The van der Waals surface area contributed by atoms with Crippen molar-refractivity contribution in [1.29, 1.82) is 0 Å². The Hall–Kier alpha value is -2.11. The predicted octanol–water partition coefficient (Wildman–Crippen LogP) is 3.42. The summed E-state index contributed by atoms with van der Waals surface area (Å²) in [5.74, 6) is -0.112. The molecule has 0 saturated heterocycles. The molecule has 4 nitrogen and oxygen atoms in total. The Morgan fingerprint density at radius 3 is 2.71 bits per heavy atom. The third-order valence-electron chi connectivity index (χ3n) is 2.98. The van der Waals surface area contributed by atoms with Crippen molar-refractivity contribution in [3.63, 3.8) is 0 Å². The first-order valence-electron chi connectivity index (χ1n) is 6.27. The predicted molar refractivity (Wildman–Crippen MR) is 86.2 cm³/mol. The number of hydrogen-bond acceptors (Lipinski definition) is 3. The number of H-pyrrole nitrogens is 1. The first-order valence-corrected chi connectivity index (χ1v) is 7.47. The molecule has 0 aliphatic rings. The van der Waals surface area contributed by atoms with Crippen LogP contribution in [-0.4, -0.2) is 10.9 Å². The molecular weight excluding hydrogens is 308 g/mol. The van der Waals surface area contributed by atoms with E-state index in [9.17, 15) is 9.59 Å².